The summed E-state index contributed by atoms with van der Waals surface area (Å²) in [5.74, 6) is -0.381. The normalized spacial score (nSPS) is 15.1. The van der Waals surface area contributed by atoms with Gasteiger partial charge in [-0.3, -0.25) is 9.59 Å². The molecule has 8 heteroatoms. The quantitative estimate of drug-likeness (QED) is 0.301. The first-order valence-electron chi connectivity index (χ1n) is 11.6. The van der Waals surface area contributed by atoms with Crippen molar-refractivity contribution in [1.82, 2.24) is 15.3 Å². The molecule has 0 atom stereocenters. The number of hydrogen-bond acceptors (Lipinski definition) is 7. The number of benzene rings is 2. The van der Waals surface area contributed by atoms with E-state index in [4.69, 9.17) is 9.32 Å². The minimum atomic E-state index is -0.246. The maximum Gasteiger partial charge on any atom is 0.258 e. The lowest BCUT2D eigenvalue weighted by Gasteiger charge is -2.30. The Hall–Kier alpha value is -2.91. The first-order valence-corrected chi connectivity index (χ1v) is 12.3. The van der Waals surface area contributed by atoms with Crippen molar-refractivity contribution >= 4 is 35.1 Å². The zero-order valence-corrected chi connectivity index (χ0v) is 20.7. The molecule has 0 bridgehead atoms. The fourth-order valence-electron chi connectivity index (χ4n) is 4.28. The van der Waals surface area contributed by atoms with Gasteiger partial charge in [-0.2, -0.15) is 5.06 Å². The van der Waals surface area contributed by atoms with Crippen molar-refractivity contribution < 1.29 is 18.9 Å². The summed E-state index contributed by atoms with van der Waals surface area (Å²) in [6.45, 7) is 11.0. The first-order chi connectivity index (χ1) is 16.5. The molecule has 2 aromatic carbocycles. The third-order valence-corrected chi connectivity index (χ3v) is 6.64. The van der Waals surface area contributed by atoms with E-state index in [9.17, 15) is 9.59 Å². The summed E-state index contributed by atoms with van der Waals surface area (Å²) in [7, 11) is 0. The highest BCUT2D eigenvalue weighted by Gasteiger charge is 2.41. The van der Waals surface area contributed by atoms with Gasteiger partial charge in [-0.1, -0.05) is 36.4 Å². The molecule has 0 aromatic heterocycles. The molecule has 1 amide bonds. The molecule has 1 N–H and O–H groups in total. The van der Waals surface area contributed by atoms with Crippen LogP contribution in [0, 0.1) is 0 Å². The highest BCUT2D eigenvalue weighted by molar-refractivity contribution is 7.94. The fourth-order valence-corrected chi connectivity index (χ4v) is 4.72. The Morgan fingerprint density at radius 3 is 2.09 bits per heavy atom. The Morgan fingerprint density at radius 2 is 1.47 bits per heavy atom. The summed E-state index contributed by atoms with van der Waals surface area (Å²) in [4.78, 5) is 35.0. The van der Waals surface area contributed by atoms with Gasteiger partial charge in [0, 0.05) is 42.2 Å². The number of amides is 1. The Balaban J connectivity index is 1.71. The van der Waals surface area contributed by atoms with Crippen LogP contribution in [0.25, 0.3) is 11.4 Å². The van der Waals surface area contributed by atoms with Gasteiger partial charge in [0.1, 0.15) is 0 Å². The van der Waals surface area contributed by atoms with Crippen LogP contribution in [0.1, 0.15) is 49.2 Å². The first kappa shape index (κ1) is 24.2. The molecule has 0 unspecified atom stereocenters. The number of carbonyl (C=O) groups is 2. The number of Topliss-reactive ketones (excluding diaryl/α,β-unsaturated/α-hetero) is 1. The third-order valence-electron chi connectivity index (χ3n) is 6.05. The molecule has 2 aliphatic rings. The van der Waals surface area contributed by atoms with Crippen molar-refractivity contribution in [1.29, 1.82) is 0 Å². The average molecular weight is 480 g/mol. The Labute approximate surface area is 204 Å². The van der Waals surface area contributed by atoms with E-state index in [2.05, 4.69) is 24.1 Å². The van der Waals surface area contributed by atoms with Gasteiger partial charge < -0.3 is 10.2 Å². The molecule has 2 aromatic rings. The minimum Gasteiger partial charge on any atom is -0.371 e. The average Bonchev–Trinajstić information content (AvgIpc) is 3.22. The second-order valence-corrected chi connectivity index (χ2v) is 8.61. The molecule has 1 heterocycles. The summed E-state index contributed by atoms with van der Waals surface area (Å²) in [6, 6.07) is 15.0. The van der Waals surface area contributed by atoms with Crippen LogP contribution in [-0.2, 0) is 14.1 Å². The van der Waals surface area contributed by atoms with E-state index >= 15 is 0 Å². The van der Waals surface area contributed by atoms with Crippen molar-refractivity contribution in [3.63, 3.8) is 0 Å². The van der Waals surface area contributed by atoms with Gasteiger partial charge >= 0.3 is 0 Å². The van der Waals surface area contributed by atoms with Gasteiger partial charge in [-0.25, -0.2) is 0 Å². The number of hydrogen-bond donors (Lipinski definition) is 1. The Bertz CT molecular complexity index is 1150. The van der Waals surface area contributed by atoms with Crippen LogP contribution in [0.15, 0.2) is 64.6 Å². The molecule has 178 valence electrons. The maximum absolute atomic E-state index is 13.6. The highest BCUT2D eigenvalue weighted by Crippen LogP contribution is 2.42. The smallest absolute Gasteiger partial charge is 0.258 e. The maximum atomic E-state index is 13.6. The molecule has 0 saturated carbocycles. The number of carbonyl (C=O) groups excluding carboxylic acids is 2. The van der Waals surface area contributed by atoms with Crippen LogP contribution in [0.5, 0.6) is 0 Å². The molecule has 0 fully saturated rings. The number of nitrogens with one attached hydrogen (secondary N) is 1. The molecule has 1 aliphatic carbocycles. The van der Waals surface area contributed by atoms with E-state index in [-0.39, 0.29) is 11.7 Å². The number of hydroxylamine groups is 2. The Kier molecular flexibility index (Phi) is 7.53. The second kappa shape index (κ2) is 10.6. The summed E-state index contributed by atoms with van der Waals surface area (Å²) >= 11 is 1.11. The highest BCUT2D eigenvalue weighted by atomic mass is 32.2. The predicted molar refractivity (Wildman–Crippen MR) is 133 cm³/mol. The van der Waals surface area contributed by atoms with Crippen molar-refractivity contribution in [2.45, 2.75) is 32.6 Å². The summed E-state index contributed by atoms with van der Waals surface area (Å²) in [5.41, 5.74) is 4.44. The lowest BCUT2D eigenvalue weighted by atomic mass is 9.83. The summed E-state index contributed by atoms with van der Waals surface area (Å²) in [5, 5.41) is 4.66. The van der Waals surface area contributed by atoms with E-state index in [0.29, 0.717) is 22.4 Å². The molecular formula is C26H29N3O4S. The number of ketones is 1. The van der Waals surface area contributed by atoms with E-state index in [1.165, 1.54) is 0 Å². The molecule has 0 spiro atoms. The zero-order valence-electron chi connectivity index (χ0n) is 19.9. The fraction of sp³-hybridized carbons (Fsp3) is 0.308. The molecule has 4 rings (SSSR count). The summed E-state index contributed by atoms with van der Waals surface area (Å²) < 4.78 is 5.25. The lowest BCUT2D eigenvalue weighted by molar-refractivity contribution is -0.357. The van der Waals surface area contributed by atoms with Crippen LogP contribution in [0.2, 0.25) is 0 Å². The van der Waals surface area contributed by atoms with Crippen LogP contribution in [0.3, 0.4) is 0 Å². The van der Waals surface area contributed by atoms with Crippen molar-refractivity contribution in [2.24, 2.45) is 0 Å². The SMILES string of the molecule is CCN(CC)OOSc1ccc(C2=C3C(=O)c4ccccc4C(N(CC)CC)=C3C(=O)N2)cc1. The number of nitrogens with zero attached hydrogens (tertiary/aromatic N) is 2. The largest absolute Gasteiger partial charge is 0.371 e. The predicted octanol–water partition coefficient (Wildman–Crippen LogP) is 4.69. The topological polar surface area (TPSA) is 71.1 Å². The number of fused-ring (bicyclic) bond motifs is 2. The van der Waals surface area contributed by atoms with Crippen LogP contribution in [0.4, 0.5) is 0 Å². The molecule has 0 radical (unpaired) electrons. The van der Waals surface area contributed by atoms with E-state index < -0.39 is 0 Å². The van der Waals surface area contributed by atoms with Gasteiger partial charge in [0.25, 0.3) is 5.91 Å². The Morgan fingerprint density at radius 1 is 0.824 bits per heavy atom. The van der Waals surface area contributed by atoms with E-state index in [0.717, 1.165) is 59.9 Å². The van der Waals surface area contributed by atoms with Crippen molar-refractivity contribution in [3.8, 4) is 0 Å². The second-order valence-electron chi connectivity index (χ2n) is 7.84. The molecule has 0 saturated heterocycles. The van der Waals surface area contributed by atoms with Crippen molar-refractivity contribution in [2.75, 3.05) is 26.2 Å². The molecule has 1 aliphatic heterocycles. The van der Waals surface area contributed by atoms with Crippen LogP contribution >= 0.6 is 12.0 Å². The standard InChI is InChI=1S/C26H29N3O4S/c1-5-28(6-2)24-19-11-9-10-12-20(19)25(30)21-22(24)26(31)27-23(21)17-13-15-18(16-14-17)34-33-32-29(7-3)8-4/h9-16H,5-8H2,1-4H3,(H,27,31). The third kappa shape index (κ3) is 4.42. The lowest BCUT2D eigenvalue weighted by Crippen LogP contribution is -2.29. The summed E-state index contributed by atoms with van der Waals surface area (Å²) in [6.07, 6.45) is 0. The van der Waals surface area contributed by atoms with Crippen LogP contribution < -0.4 is 5.32 Å². The van der Waals surface area contributed by atoms with Gasteiger partial charge in [0.2, 0.25) is 0 Å². The molecule has 7 nitrogen and oxygen atoms in total. The van der Waals surface area contributed by atoms with Gasteiger partial charge in [0.05, 0.1) is 34.6 Å². The minimum absolute atomic E-state index is 0.135. The number of rotatable bonds is 10. The van der Waals surface area contributed by atoms with Crippen molar-refractivity contribution in [3.05, 3.63) is 76.4 Å². The van der Waals surface area contributed by atoms with Crippen LogP contribution in [-0.4, -0.2) is 47.8 Å². The van der Waals surface area contributed by atoms with E-state index in [1.54, 1.807) is 5.06 Å². The zero-order chi connectivity index (χ0) is 24.2. The molecule has 34 heavy (non-hydrogen) atoms. The van der Waals surface area contributed by atoms with Gasteiger partial charge in [-0.15, -0.1) is 9.32 Å². The molecular weight excluding hydrogens is 450 g/mol. The van der Waals surface area contributed by atoms with E-state index in [1.807, 2.05) is 62.4 Å². The monoisotopic (exact) mass is 479 g/mol. The van der Waals surface area contributed by atoms with Gasteiger partial charge in [-0.05, 0) is 45.4 Å². The van der Waals surface area contributed by atoms with Gasteiger partial charge in [0.15, 0.2) is 5.78 Å².